The van der Waals surface area contributed by atoms with Gasteiger partial charge in [-0.3, -0.25) is 4.90 Å². The second-order valence-electron chi connectivity index (χ2n) is 6.33. The van der Waals surface area contributed by atoms with Crippen molar-refractivity contribution in [2.75, 3.05) is 19.8 Å². The third kappa shape index (κ3) is 2.59. The maximum absolute atomic E-state index is 10.3. The van der Waals surface area contributed by atoms with Crippen molar-refractivity contribution in [3.63, 3.8) is 0 Å². The summed E-state index contributed by atoms with van der Waals surface area (Å²) in [6.07, 6.45) is 9.90. The van der Waals surface area contributed by atoms with Crippen LogP contribution in [0.2, 0.25) is 0 Å². The fourth-order valence-electron chi connectivity index (χ4n) is 4.27. The molecule has 18 heavy (non-hydrogen) atoms. The summed E-state index contributed by atoms with van der Waals surface area (Å²) in [4.78, 5) is 2.69. The Morgan fingerprint density at radius 3 is 2.56 bits per heavy atom. The molecule has 2 heterocycles. The Morgan fingerprint density at radius 2 is 1.78 bits per heavy atom. The highest BCUT2D eigenvalue weighted by molar-refractivity contribution is 4.92. The second kappa shape index (κ2) is 5.89. The fraction of sp³-hybridized carbons (Fsp3) is 1.00. The molecule has 1 N–H and O–H groups in total. The minimum absolute atomic E-state index is 0.0494. The summed E-state index contributed by atoms with van der Waals surface area (Å²) in [6, 6.07) is 1.25. The van der Waals surface area contributed by atoms with Gasteiger partial charge in [-0.15, -0.1) is 0 Å². The molecule has 3 nitrogen and oxygen atoms in total. The Bertz CT molecular complexity index is 265. The van der Waals surface area contributed by atoms with E-state index in [0.717, 1.165) is 19.6 Å². The summed E-state index contributed by atoms with van der Waals surface area (Å²) in [5, 5.41) is 10.3. The van der Waals surface area contributed by atoms with Crippen LogP contribution in [0.3, 0.4) is 0 Å². The van der Waals surface area contributed by atoms with Crippen molar-refractivity contribution in [2.24, 2.45) is 5.92 Å². The number of nitrogens with zero attached hydrogens (tertiary/aromatic N) is 1. The van der Waals surface area contributed by atoms with Crippen LogP contribution in [0.15, 0.2) is 0 Å². The van der Waals surface area contributed by atoms with Crippen LogP contribution >= 0.6 is 0 Å². The lowest BCUT2D eigenvalue weighted by atomic mass is 9.77. The van der Waals surface area contributed by atoms with Crippen molar-refractivity contribution in [1.29, 1.82) is 0 Å². The molecule has 0 aromatic heterocycles. The molecule has 1 saturated carbocycles. The van der Waals surface area contributed by atoms with Crippen LogP contribution in [0.25, 0.3) is 0 Å². The first kappa shape index (κ1) is 12.9. The lowest BCUT2D eigenvalue weighted by Crippen LogP contribution is -2.53. The number of hydrogen-bond acceptors (Lipinski definition) is 3. The lowest BCUT2D eigenvalue weighted by Gasteiger charge is -2.46. The van der Waals surface area contributed by atoms with Gasteiger partial charge in [0.15, 0.2) is 0 Å². The van der Waals surface area contributed by atoms with E-state index in [1.54, 1.807) is 0 Å². The molecule has 3 rings (SSSR count). The Kier molecular flexibility index (Phi) is 4.22. The summed E-state index contributed by atoms with van der Waals surface area (Å²) >= 11 is 0. The van der Waals surface area contributed by atoms with Gasteiger partial charge in [0.1, 0.15) is 0 Å². The molecular formula is C15H27NO2. The highest BCUT2D eigenvalue weighted by Crippen LogP contribution is 2.35. The number of aliphatic hydroxyl groups excluding tert-OH is 1. The molecule has 3 heteroatoms. The molecule has 0 aromatic rings. The summed E-state index contributed by atoms with van der Waals surface area (Å²) in [6.45, 7) is 3.07. The Hall–Kier alpha value is -0.120. The number of rotatable bonds is 2. The molecule has 0 radical (unpaired) electrons. The van der Waals surface area contributed by atoms with E-state index in [0.29, 0.717) is 18.0 Å². The number of likely N-dealkylation sites (tertiary alicyclic amines) is 1. The van der Waals surface area contributed by atoms with Gasteiger partial charge in [-0.05, 0) is 38.6 Å². The van der Waals surface area contributed by atoms with Gasteiger partial charge in [0.05, 0.1) is 12.7 Å². The number of aliphatic hydroxyl groups is 1. The molecule has 3 aliphatic rings. The molecule has 0 bridgehead atoms. The van der Waals surface area contributed by atoms with Crippen LogP contribution in [-0.2, 0) is 4.74 Å². The normalized spacial score (nSPS) is 43.2. The molecule has 2 aliphatic heterocycles. The highest BCUT2D eigenvalue weighted by Gasteiger charge is 2.38. The predicted molar refractivity (Wildman–Crippen MR) is 71.5 cm³/mol. The molecule has 0 aromatic carbocycles. The SMILES string of the molecule is OC1CCCCC1C1CCCCN1C1CCOC1. The van der Waals surface area contributed by atoms with Gasteiger partial charge in [-0.2, -0.15) is 0 Å². The molecule has 2 saturated heterocycles. The minimum Gasteiger partial charge on any atom is -0.393 e. The van der Waals surface area contributed by atoms with Gasteiger partial charge < -0.3 is 9.84 Å². The first-order valence-corrected chi connectivity index (χ1v) is 7.88. The standard InChI is InChI=1S/C15H27NO2/c17-15-7-2-1-5-13(15)14-6-3-4-9-16(14)12-8-10-18-11-12/h12-15,17H,1-11H2. The number of ether oxygens (including phenoxy) is 1. The van der Waals surface area contributed by atoms with Crippen molar-refractivity contribution in [1.82, 2.24) is 4.90 Å². The van der Waals surface area contributed by atoms with Gasteiger partial charge in [0.2, 0.25) is 0 Å². The molecule has 0 amide bonds. The largest absolute Gasteiger partial charge is 0.393 e. The monoisotopic (exact) mass is 253 g/mol. The molecule has 3 fully saturated rings. The van der Waals surface area contributed by atoms with Crippen LogP contribution in [0.5, 0.6) is 0 Å². The Labute approximate surface area is 110 Å². The zero-order chi connectivity index (χ0) is 12.4. The number of piperidine rings is 1. The zero-order valence-electron chi connectivity index (χ0n) is 11.4. The minimum atomic E-state index is -0.0494. The fourth-order valence-corrected chi connectivity index (χ4v) is 4.27. The van der Waals surface area contributed by atoms with Crippen LogP contribution in [0.1, 0.15) is 51.4 Å². The second-order valence-corrected chi connectivity index (χ2v) is 6.33. The van der Waals surface area contributed by atoms with Crippen LogP contribution in [0.4, 0.5) is 0 Å². The summed E-state index contributed by atoms with van der Waals surface area (Å²) in [5.41, 5.74) is 0. The lowest BCUT2D eigenvalue weighted by molar-refractivity contribution is -0.0234. The summed E-state index contributed by atoms with van der Waals surface area (Å²) in [5.74, 6) is 0.527. The van der Waals surface area contributed by atoms with Crippen molar-refractivity contribution in [3.8, 4) is 0 Å². The maximum atomic E-state index is 10.3. The van der Waals surface area contributed by atoms with E-state index in [9.17, 15) is 5.11 Å². The van der Waals surface area contributed by atoms with Gasteiger partial charge >= 0.3 is 0 Å². The smallest absolute Gasteiger partial charge is 0.0622 e. The quantitative estimate of drug-likeness (QED) is 0.819. The molecule has 0 spiro atoms. The summed E-state index contributed by atoms with van der Waals surface area (Å²) in [7, 11) is 0. The van der Waals surface area contributed by atoms with Gasteiger partial charge in [0.25, 0.3) is 0 Å². The average molecular weight is 253 g/mol. The highest BCUT2D eigenvalue weighted by atomic mass is 16.5. The van der Waals surface area contributed by atoms with E-state index in [4.69, 9.17) is 4.74 Å². The van der Waals surface area contributed by atoms with Crippen LogP contribution in [0, 0.1) is 5.92 Å². The number of hydrogen-bond donors (Lipinski definition) is 1. The molecule has 1 aliphatic carbocycles. The van der Waals surface area contributed by atoms with Crippen molar-refractivity contribution < 1.29 is 9.84 Å². The van der Waals surface area contributed by atoms with Gasteiger partial charge in [-0.25, -0.2) is 0 Å². The first-order chi connectivity index (χ1) is 8.86. The van der Waals surface area contributed by atoms with E-state index >= 15 is 0 Å². The van der Waals surface area contributed by atoms with Crippen molar-refractivity contribution in [2.45, 2.75) is 69.6 Å². The molecule has 4 atom stereocenters. The van der Waals surface area contributed by atoms with E-state index in [2.05, 4.69) is 4.90 Å². The van der Waals surface area contributed by atoms with E-state index in [-0.39, 0.29) is 6.10 Å². The molecular weight excluding hydrogens is 226 g/mol. The zero-order valence-corrected chi connectivity index (χ0v) is 11.4. The Balaban J connectivity index is 1.69. The van der Waals surface area contributed by atoms with Crippen molar-refractivity contribution in [3.05, 3.63) is 0 Å². The van der Waals surface area contributed by atoms with E-state index in [1.165, 1.54) is 51.5 Å². The van der Waals surface area contributed by atoms with Gasteiger partial charge in [0, 0.05) is 24.6 Å². The Morgan fingerprint density at radius 1 is 0.944 bits per heavy atom. The van der Waals surface area contributed by atoms with Crippen molar-refractivity contribution >= 4 is 0 Å². The third-order valence-electron chi connectivity index (χ3n) is 5.24. The molecule has 104 valence electrons. The summed E-state index contributed by atoms with van der Waals surface area (Å²) < 4.78 is 5.57. The molecule has 4 unspecified atom stereocenters. The van der Waals surface area contributed by atoms with E-state index in [1.807, 2.05) is 0 Å². The first-order valence-electron chi connectivity index (χ1n) is 7.88. The van der Waals surface area contributed by atoms with Gasteiger partial charge in [-0.1, -0.05) is 19.3 Å². The van der Waals surface area contributed by atoms with Crippen LogP contribution in [-0.4, -0.2) is 48.0 Å². The topological polar surface area (TPSA) is 32.7 Å². The van der Waals surface area contributed by atoms with E-state index < -0.39 is 0 Å². The predicted octanol–water partition coefficient (Wildman–Crippen LogP) is 2.18. The third-order valence-corrected chi connectivity index (χ3v) is 5.24. The van der Waals surface area contributed by atoms with Crippen LogP contribution < -0.4 is 0 Å². The average Bonchev–Trinajstić information content (AvgIpc) is 2.93. The maximum Gasteiger partial charge on any atom is 0.0622 e.